The van der Waals surface area contributed by atoms with Gasteiger partial charge in [0.15, 0.2) is 0 Å². The van der Waals surface area contributed by atoms with Gasteiger partial charge in [0, 0.05) is 17.8 Å². The number of rotatable bonds is 7. The minimum Gasteiger partial charge on any atom is -0.467 e. The van der Waals surface area contributed by atoms with E-state index in [-0.39, 0.29) is 18.2 Å². The largest absolute Gasteiger partial charge is 0.467 e. The molecule has 0 spiro atoms. The maximum atomic E-state index is 12.5. The number of methoxy groups -OCH3 is 1. The van der Waals surface area contributed by atoms with Gasteiger partial charge in [0.05, 0.1) is 7.11 Å². The first-order valence-electron chi connectivity index (χ1n) is 7.65. The highest BCUT2D eigenvalue weighted by atomic mass is 79.9. The second-order valence-electron chi connectivity index (χ2n) is 5.80. The second-order valence-corrected chi connectivity index (χ2v) is 6.66. The number of halogens is 1. The highest BCUT2D eigenvalue weighted by Crippen LogP contribution is 2.18. The Morgan fingerprint density at radius 3 is 2.29 bits per heavy atom. The summed E-state index contributed by atoms with van der Waals surface area (Å²) in [5.41, 5.74) is 0.869. The fourth-order valence-corrected chi connectivity index (χ4v) is 2.68. The maximum absolute atomic E-state index is 12.5. The average Bonchev–Trinajstić information content (AvgIpc) is 2.52. The molecule has 0 saturated heterocycles. The van der Waals surface area contributed by atoms with Crippen LogP contribution in [-0.4, -0.2) is 37.0 Å². The van der Waals surface area contributed by atoms with Gasteiger partial charge in [-0.05, 0) is 17.5 Å². The number of esters is 1. The van der Waals surface area contributed by atoms with Crippen molar-refractivity contribution < 1.29 is 19.1 Å². The Kier molecular flexibility index (Phi) is 7.91. The van der Waals surface area contributed by atoms with E-state index in [9.17, 15) is 14.4 Å². The van der Waals surface area contributed by atoms with Crippen LogP contribution in [0.25, 0.3) is 0 Å². The molecular formula is C17H23BrN2O4. The van der Waals surface area contributed by atoms with Gasteiger partial charge in [-0.3, -0.25) is 9.59 Å². The number of amides is 2. The van der Waals surface area contributed by atoms with Gasteiger partial charge < -0.3 is 15.4 Å². The molecule has 1 aromatic carbocycles. The fourth-order valence-electron chi connectivity index (χ4n) is 2.23. The van der Waals surface area contributed by atoms with Crippen molar-refractivity contribution in [2.45, 2.75) is 39.3 Å². The summed E-state index contributed by atoms with van der Waals surface area (Å²) in [6.45, 7) is 4.99. The summed E-state index contributed by atoms with van der Waals surface area (Å²) in [6, 6.07) is 5.89. The van der Waals surface area contributed by atoms with Crippen molar-refractivity contribution >= 4 is 33.7 Å². The monoisotopic (exact) mass is 398 g/mol. The number of hydrogen-bond donors (Lipinski definition) is 2. The predicted molar refractivity (Wildman–Crippen MR) is 94.2 cm³/mol. The Hall–Kier alpha value is -1.89. The van der Waals surface area contributed by atoms with Gasteiger partial charge in [-0.1, -0.05) is 48.0 Å². The van der Waals surface area contributed by atoms with E-state index in [1.54, 1.807) is 0 Å². The van der Waals surface area contributed by atoms with Crippen LogP contribution in [0.5, 0.6) is 0 Å². The molecule has 2 N–H and O–H groups in total. The molecule has 132 valence electrons. The van der Waals surface area contributed by atoms with Crippen LogP contribution in [0.3, 0.4) is 0 Å². The first kappa shape index (κ1) is 20.2. The van der Waals surface area contributed by atoms with E-state index >= 15 is 0 Å². The molecule has 0 aliphatic heterocycles. The molecule has 0 aromatic heterocycles. The third-order valence-electron chi connectivity index (χ3n) is 3.49. The molecule has 0 unspecified atom stereocenters. The summed E-state index contributed by atoms with van der Waals surface area (Å²) in [5.74, 6) is -1.37. The van der Waals surface area contributed by atoms with E-state index < -0.39 is 24.0 Å². The topological polar surface area (TPSA) is 84.5 Å². The van der Waals surface area contributed by atoms with E-state index in [2.05, 4.69) is 26.6 Å². The first-order chi connectivity index (χ1) is 11.3. The summed E-state index contributed by atoms with van der Waals surface area (Å²) in [4.78, 5) is 35.8. The number of carbonyl (C=O) groups is 3. The van der Waals surface area contributed by atoms with E-state index in [1.807, 2.05) is 38.1 Å². The molecule has 0 bridgehead atoms. The van der Waals surface area contributed by atoms with E-state index in [4.69, 9.17) is 4.74 Å². The molecule has 0 aliphatic rings. The highest BCUT2D eigenvalue weighted by molar-refractivity contribution is 9.10. The number of nitrogens with one attached hydrogen (secondary N) is 2. The molecule has 1 rings (SSSR count). The molecule has 1 aromatic rings. The zero-order valence-corrected chi connectivity index (χ0v) is 15.8. The van der Waals surface area contributed by atoms with Gasteiger partial charge in [-0.25, -0.2) is 4.79 Å². The molecular weight excluding hydrogens is 376 g/mol. The quantitative estimate of drug-likeness (QED) is 0.685. The zero-order chi connectivity index (χ0) is 18.3. The lowest BCUT2D eigenvalue weighted by atomic mass is 10.0. The highest BCUT2D eigenvalue weighted by Gasteiger charge is 2.29. The van der Waals surface area contributed by atoms with Crippen molar-refractivity contribution in [3.63, 3.8) is 0 Å². The van der Waals surface area contributed by atoms with Crippen LogP contribution in [0.15, 0.2) is 28.7 Å². The summed E-state index contributed by atoms with van der Waals surface area (Å²) in [5, 5.41) is 5.29. The Bertz CT molecular complexity index is 604. The van der Waals surface area contributed by atoms with E-state index in [1.165, 1.54) is 14.0 Å². The van der Waals surface area contributed by atoms with Gasteiger partial charge in [0.1, 0.15) is 12.1 Å². The molecule has 7 heteroatoms. The van der Waals surface area contributed by atoms with Gasteiger partial charge >= 0.3 is 5.97 Å². The minimum absolute atomic E-state index is 0.115. The molecule has 2 atom stereocenters. The van der Waals surface area contributed by atoms with Crippen LogP contribution in [0.4, 0.5) is 0 Å². The summed E-state index contributed by atoms with van der Waals surface area (Å²) >= 11 is 3.43. The molecule has 6 nitrogen and oxygen atoms in total. The van der Waals surface area contributed by atoms with Gasteiger partial charge in [-0.15, -0.1) is 0 Å². The van der Waals surface area contributed by atoms with Crippen molar-refractivity contribution in [2.24, 2.45) is 5.92 Å². The summed E-state index contributed by atoms with van der Waals surface area (Å²) in [6.07, 6.45) is 0.282. The van der Waals surface area contributed by atoms with Crippen molar-refractivity contribution in [3.05, 3.63) is 34.3 Å². The number of hydrogen-bond acceptors (Lipinski definition) is 4. The number of carbonyl (C=O) groups excluding carboxylic acids is 3. The van der Waals surface area contributed by atoms with Crippen molar-refractivity contribution in [2.75, 3.05) is 7.11 Å². The second kappa shape index (κ2) is 9.42. The average molecular weight is 399 g/mol. The predicted octanol–water partition coefficient (Wildman–Crippen LogP) is 1.81. The van der Waals surface area contributed by atoms with E-state index in [0.717, 1.165) is 10.0 Å². The molecule has 2 amide bonds. The van der Waals surface area contributed by atoms with Crippen LogP contribution in [-0.2, 0) is 25.5 Å². The zero-order valence-electron chi connectivity index (χ0n) is 14.3. The molecule has 0 heterocycles. The Morgan fingerprint density at radius 1 is 1.17 bits per heavy atom. The van der Waals surface area contributed by atoms with Crippen molar-refractivity contribution in [3.8, 4) is 0 Å². The smallest absolute Gasteiger partial charge is 0.328 e. The summed E-state index contributed by atoms with van der Waals surface area (Å²) < 4.78 is 5.63. The normalized spacial score (nSPS) is 13.1. The minimum atomic E-state index is -0.837. The molecule has 0 radical (unpaired) electrons. The lowest BCUT2D eigenvalue weighted by Crippen LogP contribution is -2.54. The Balaban J connectivity index is 2.93. The van der Waals surface area contributed by atoms with E-state index in [0.29, 0.717) is 0 Å². The SMILES string of the molecule is COC(=O)[C@@H](Cc1ccccc1Br)NC(=O)[C@H](NC(C)=O)C(C)C. The third kappa shape index (κ3) is 5.96. The van der Waals surface area contributed by atoms with Gasteiger partial charge in [0.2, 0.25) is 11.8 Å². The Morgan fingerprint density at radius 2 is 1.79 bits per heavy atom. The maximum Gasteiger partial charge on any atom is 0.328 e. The van der Waals surface area contributed by atoms with Crippen molar-refractivity contribution in [1.29, 1.82) is 0 Å². The molecule has 24 heavy (non-hydrogen) atoms. The first-order valence-corrected chi connectivity index (χ1v) is 8.44. The molecule has 0 aliphatic carbocycles. The van der Waals surface area contributed by atoms with Crippen LogP contribution in [0, 0.1) is 5.92 Å². The van der Waals surface area contributed by atoms with Crippen LogP contribution in [0.1, 0.15) is 26.3 Å². The molecule has 0 saturated carbocycles. The molecule has 0 fully saturated rings. The summed E-state index contributed by atoms with van der Waals surface area (Å²) in [7, 11) is 1.27. The Labute approximate surface area is 150 Å². The number of ether oxygens (including phenoxy) is 1. The van der Waals surface area contributed by atoms with Crippen LogP contribution in [0.2, 0.25) is 0 Å². The lowest BCUT2D eigenvalue weighted by molar-refractivity contribution is -0.145. The number of benzene rings is 1. The van der Waals surface area contributed by atoms with Crippen molar-refractivity contribution in [1.82, 2.24) is 10.6 Å². The lowest BCUT2D eigenvalue weighted by Gasteiger charge is -2.24. The van der Waals surface area contributed by atoms with Gasteiger partial charge in [0.25, 0.3) is 0 Å². The fraction of sp³-hybridized carbons (Fsp3) is 0.471. The van der Waals surface area contributed by atoms with Crippen LogP contribution < -0.4 is 10.6 Å². The third-order valence-corrected chi connectivity index (χ3v) is 4.27. The van der Waals surface area contributed by atoms with Gasteiger partial charge in [-0.2, -0.15) is 0 Å². The standard InChI is InChI=1S/C17H23BrN2O4/c1-10(2)15(19-11(3)21)16(22)20-14(17(23)24-4)9-12-7-5-6-8-13(12)18/h5-8,10,14-15H,9H2,1-4H3,(H,19,21)(H,20,22)/t14-,15-/m1/s1. The van der Waals surface area contributed by atoms with Crippen LogP contribution >= 0.6 is 15.9 Å².